The average molecular weight is 296 g/mol. The van der Waals surface area contributed by atoms with Crippen LogP contribution < -0.4 is 5.73 Å². The van der Waals surface area contributed by atoms with Gasteiger partial charge in [-0.1, -0.05) is 23.2 Å². The first-order valence-corrected chi connectivity index (χ1v) is 4.82. The average Bonchev–Trinajstić information content (AvgIpc) is 2.13. The van der Waals surface area contributed by atoms with E-state index in [2.05, 4.69) is 0 Å². The molecule has 0 heterocycles. The van der Waals surface area contributed by atoms with Crippen molar-refractivity contribution < 1.29 is 15.0 Å². The van der Waals surface area contributed by atoms with Crippen molar-refractivity contribution in [1.82, 2.24) is 0 Å². The number of carboxylic acid groups (broad SMARTS) is 1. The maximum Gasteiger partial charge on any atom is 0.320 e. The Morgan fingerprint density at radius 3 is 2.19 bits per heavy atom. The number of phenols is 1. The van der Waals surface area contributed by atoms with Crippen LogP contribution in [0.25, 0.3) is 0 Å². The molecule has 0 aromatic heterocycles. The Bertz CT molecular complexity index is 375. The highest BCUT2D eigenvalue weighted by Crippen LogP contribution is 2.32. The number of hydrogen-bond donors (Lipinski definition) is 3. The van der Waals surface area contributed by atoms with Crippen molar-refractivity contribution in [2.75, 3.05) is 0 Å². The van der Waals surface area contributed by atoms with E-state index in [9.17, 15) is 9.90 Å². The molecular formula is C9H10Cl3NO3. The number of nitrogens with two attached hydrogens (primary N) is 1. The summed E-state index contributed by atoms with van der Waals surface area (Å²) in [6.45, 7) is 0. The summed E-state index contributed by atoms with van der Waals surface area (Å²) in [4.78, 5) is 10.5. The molecule has 0 spiro atoms. The number of carboxylic acids is 1. The molecule has 0 aliphatic rings. The molecule has 1 atom stereocenters. The minimum Gasteiger partial charge on any atom is -0.505 e. The van der Waals surface area contributed by atoms with Crippen molar-refractivity contribution in [1.29, 1.82) is 0 Å². The number of rotatable bonds is 3. The van der Waals surface area contributed by atoms with Gasteiger partial charge in [0, 0.05) is 0 Å². The molecule has 4 N–H and O–H groups in total. The predicted molar refractivity (Wildman–Crippen MR) is 64.7 cm³/mol. The number of carbonyl (C=O) groups is 1. The minimum atomic E-state index is -1.10. The van der Waals surface area contributed by atoms with Gasteiger partial charge in [0.25, 0.3) is 0 Å². The molecule has 0 saturated heterocycles. The minimum absolute atomic E-state index is 0. The van der Waals surface area contributed by atoms with Crippen LogP contribution in [0.15, 0.2) is 12.1 Å². The van der Waals surface area contributed by atoms with Gasteiger partial charge in [0.05, 0.1) is 10.0 Å². The molecule has 4 nitrogen and oxygen atoms in total. The Balaban J connectivity index is 0.00000225. The fourth-order valence-electron chi connectivity index (χ4n) is 1.08. The van der Waals surface area contributed by atoms with E-state index in [-0.39, 0.29) is 34.6 Å². The maximum atomic E-state index is 10.5. The first-order chi connectivity index (χ1) is 6.91. The van der Waals surface area contributed by atoms with E-state index in [0.717, 1.165) is 0 Å². The van der Waals surface area contributed by atoms with Gasteiger partial charge < -0.3 is 15.9 Å². The second-order valence-corrected chi connectivity index (χ2v) is 3.87. The van der Waals surface area contributed by atoms with Crippen LogP contribution in [0.2, 0.25) is 10.0 Å². The van der Waals surface area contributed by atoms with Crippen LogP contribution in [0, 0.1) is 0 Å². The van der Waals surface area contributed by atoms with Crippen molar-refractivity contribution in [3.8, 4) is 5.75 Å². The van der Waals surface area contributed by atoms with E-state index in [1.165, 1.54) is 12.1 Å². The van der Waals surface area contributed by atoms with Gasteiger partial charge in [0.1, 0.15) is 6.04 Å². The Hall–Kier alpha value is -0.680. The molecule has 0 unspecified atom stereocenters. The first kappa shape index (κ1) is 15.3. The van der Waals surface area contributed by atoms with Crippen molar-refractivity contribution in [2.24, 2.45) is 5.73 Å². The third-order valence-electron chi connectivity index (χ3n) is 1.85. The fraction of sp³-hybridized carbons (Fsp3) is 0.222. The second kappa shape index (κ2) is 6.15. The van der Waals surface area contributed by atoms with Crippen molar-refractivity contribution in [3.05, 3.63) is 27.7 Å². The third-order valence-corrected chi connectivity index (χ3v) is 2.43. The highest BCUT2D eigenvalue weighted by molar-refractivity contribution is 6.37. The number of hydrogen-bond acceptors (Lipinski definition) is 3. The lowest BCUT2D eigenvalue weighted by Gasteiger charge is -2.08. The molecule has 0 aliphatic carbocycles. The van der Waals surface area contributed by atoms with Gasteiger partial charge in [-0.25, -0.2) is 0 Å². The van der Waals surface area contributed by atoms with Gasteiger partial charge in [-0.15, -0.1) is 12.4 Å². The monoisotopic (exact) mass is 295 g/mol. The summed E-state index contributed by atoms with van der Waals surface area (Å²) in [6.07, 6.45) is 0.106. The van der Waals surface area contributed by atoms with Gasteiger partial charge >= 0.3 is 5.97 Å². The SMILES string of the molecule is Cl.[15NH2][13C@@H]([13CH2][13c]1[13cH][13c](Cl)[13c](O)[13c](Cl)[13cH]1)[13C](=O)O. The third kappa shape index (κ3) is 3.72. The van der Waals surface area contributed by atoms with Gasteiger partial charge in [0.15, 0.2) is 5.75 Å². The topological polar surface area (TPSA) is 83.5 Å². The smallest absolute Gasteiger partial charge is 0.320 e. The molecule has 0 saturated carbocycles. The summed E-state index contributed by atoms with van der Waals surface area (Å²) < 4.78 is 0. The van der Waals surface area contributed by atoms with Crippen molar-refractivity contribution in [2.45, 2.75) is 12.5 Å². The Labute approximate surface area is 108 Å². The summed E-state index contributed by atoms with van der Waals surface area (Å²) in [5.41, 5.74) is 5.91. The first-order valence-electron chi connectivity index (χ1n) is 4.07. The quantitative estimate of drug-likeness (QED) is 0.589. The molecule has 0 radical (unpaired) electrons. The fourth-order valence-corrected chi connectivity index (χ4v) is 1.61. The lowest BCUT2D eigenvalue weighted by atomic mass is 11.1. The number of benzene rings is 1. The molecule has 0 fully saturated rings. The molecular weight excluding hydrogens is 286 g/mol. The van der Waals surface area contributed by atoms with E-state index in [4.69, 9.17) is 34.0 Å². The highest BCUT2D eigenvalue weighted by Gasteiger charge is 2.14. The molecule has 7 heteroatoms. The standard InChI is InChI=1S/C9H9Cl2NO3.ClH/c10-5-1-4(2-6(11)8(5)13)3-7(12)9(14)15;/h1-2,7,13H,3,12H2,(H,14,15);1H/t7-;/m0./s1/i1+1,2+1,3+1,4+1,5+1,6+1,7+1,8+1,9+1,12+1;. The largest absolute Gasteiger partial charge is 0.505 e. The zero-order valence-corrected chi connectivity index (χ0v) is 10.3. The molecule has 0 aliphatic heterocycles. The van der Waals surface area contributed by atoms with Crippen LogP contribution in [-0.4, -0.2) is 22.2 Å². The summed E-state index contributed by atoms with van der Waals surface area (Å²) in [7, 11) is 0. The lowest BCUT2D eigenvalue weighted by molar-refractivity contribution is -0.138. The summed E-state index contributed by atoms with van der Waals surface area (Å²) in [5, 5.41) is 18.0. The van der Waals surface area contributed by atoms with Gasteiger partial charge in [-0.05, 0) is 24.1 Å². The van der Waals surface area contributed by atoms with Crippen LogP contribution >= 0.6 is 35.6 Å². The molecule has 90 valence electrons. The van der Waals surface area contributed by atoms with Gasteiger partial charge in [0.2, 0.25) is 0 Å². The molecule has 1 aromatic rings. The molecule has 0 amide bonds. The van der Waals surface area contributed by atoms with E-state index in [1.807, 2.05) is 0 Å². The van der Waals surface area contributed by atoms with Crippen LogP contribution in [0.5, 0.6) is 5.75 Å². The van der Waals surface area contributed by atoms with Crippen molar-refractivity contribution >= 4 is 41.6 Å². The Kier molecular flexibility index (Phi) is 5.89. The van der Waals surface area contributed by atoms with Crippen LogP contribution in [0.3, 0.4) is 0 Å². The van der Waals surface area contributed by atoms with Crippen LogP contribution in [0.1, 0.15) is 5.56 Å². The maximum absolute atomic E-state index is 10.5. The van der Waals surface area contributed by atoms with Crippen LogP contribution in [0.4, 0.5) is 0 Å². The summed E-state index contributed by atoms with van der Waals surface area (Å²) in [6, 6.07) is 1.86. The summed E-state index contributed by atoms with van der Waals surface area (Å²) in [5.74, 6) is -1.32. The predicted octanol–water partition coefficient (Wildman–Crippen LogP) is 2.08. The van der Waals surface area contributed by atoms with Crippen LogP contribution in [-0.2, 0) is 11.2 Å². The number of phenolic OH excluding ortho intramolecular Hbond substituents is 1. The second-order valence-electron chi connectivity index (χ2n) is 3.06. The van der Waals surface area contributed by atoms with E-state index in [1.54, 1.807) is 0 Å². The zero-order chi connectivity index (χ0) is 11.6. The molecule has 16 heavy (non-hydrogen) atoms. The van der Waals surface area contributed by atoms with Gasteiger partial charge in [-0.2, -0.15) is 0 Å². The van der Waals surface area contributed by atoms with E-state index < -0.39 is 12.0 Å². The molecule has 1 rings (SSSR count). The Morgan fingerprint density at radius 1 is 1.38 bits per heavy atom. The lowest BCUT2D eigenvalue weighted by Crippen LogP contribution is -2.32. The number of halogens is 3. The summed E-state index contributed by atoms with van der Waals surface area (Å²) >= 11 is 11.3. The van der Waals surface area contributed by atoms with E-state index >= 15 is 0 Å². The van der Waals surface area contributed by atoms with E-state index in [0.29, 0.717) is 5.56 Å². The normalized spacial score (nSPS) is 11.7. The zero-order valence-electron chi connectivity index (χ0n) is 7.98. The highest BCUT2D eigenvalue weighted by atomic mass is 35.5. The number of aromatic hydroxyl groups is 1. The molecule has 0 bridgehead atoms. The number of aliphatic carboxylic acids is 1. The van der Waals surface area contributed by atoms with Crippen molar-refractivity contribution in [3.63, 3.8) is 0 Å². The Morgan fingerprint density at radius 2 is 1.81 bits per heavy atom. The molecule has 1 aromatic carbocycles. The van der Waals surface area contributed by atoms with Gasteiger partial charge in [-0.3, -0.25) is 4.79 Å².